The summed E-state index contributed by atoms with van der Waals surface area (Å²) in [6.45, 7) is 9.73. The van der Waals surface area contributed by atoms with E-state index in [-0.39, 0.29) is 12.4 Å². The van der Waals surface area contributed by atoms with Crippen molar-refractivity contribution in [2.24, 2.45) is 5.92 Å². The number of rotatable bonds is 12. The second-order valence-electron chi connectivity index (χ2n) is 8.05. The third-order valence-electron chi connectivity index (χ3n) is 4.90. The lowest BCUT2D eigenvalue weighted by Crippen LogP contribution is -2.29. The minimum Gasteiger partial charge on any atom is -0.396 e. The molecule has 1 heterocycles. The SMILES string of the molecule is CCCC(=O)CCN(CCCO)c1nc(-c2ccc(C)c(Cl)c2)c(CC(C)C)[nH]1. The molecule has 0 saturated carbocycles. The van der Waals surface area contributed by atoms with Gasteiger partial charge in [-0.1, -0.05) is 44.5 Å². The predicted octanol–water partition coefficient (Wildman–Crippen LogP) is 5.19. The van der Waals surface area contributed by atoms with Crippen molar-refractivity contribution in [3.8, 4) is 11.3 Å². The van der Waals surface area contributed by atoms with Gasteiger partial charge in [0.05, 0.1) is 5.69 Å². The Balaban J connectivity index is 2.35. The molecule has 0 saturated heterocycles. The van der Waals surface area contributed by atoms with Crippen molar-refractivity contribution < 1.29 is 9.90 Å². The summed E-state index contributed by atoms with van der Waals surface area (Å²) < 4.78 is 0. The zero-order valence-corrected chi connectivity index (χ0v) is 18.9. The van der Waals surface area contributed by atoms with Crippen molar-refractivity contribution in [2.75, 3.05) is 24.6 Å². The third kappa shape index (κ3) is 6.86. The van der Waals surface area contributed by atoms with E-state index < -0.39 is 0 Å². The number of aryl methyl sites for hydroxylation is 1. The molecule has 0 spiro atoms. The van der Waals surface area contributed by atoms with E-state index in [1.54, 1.807) is 0 Å². The lowest BCUT2D eigenvalue weighted by atomic mass is 10.0. The number of imidazole rings is 1. The van der Waals surface area contributed by atoms with Crippen LogP contribution in [-0.4, -0.2) is 40.6 Å². The number of aromatic amines is 1. The summed E-state index contributed by atoms with van der Waals surface area (Å²) in [5.74, 6) is 1.49. The fraction of sp³-hybridized carbons (Fsp3) is 0.565. The number of anilines is 1. The van der Waals surface area contributed by atoms with Crippen molar-refractivity contribution >= 4 is 23.3 Å². The summed E-state index contributed by atoms with van der Waals surface area (Å²) in [4.78, 5) is 22.5. The Morgan fingerprint density at radius 1 is 1.28 bits per heavy atom. The van der Waals surface area contributed by atoms with E-state index in [4.69, 9.17) is 16.6 Å². The molecule has 0 aliphatic heterocycles. The van der Waals surface area contributed by atoms with Gasteiger partial charge in [-0.2, -0.15) is 0 Å². The van der Waals surface area contributed by atoms with Crippen LogP contribution in [-0.2, 0) is 11.2 Å². The highest BCUT2D eigenvalue weighted by Crippen LogP contribution is 2.30. The second-order valence-corrected chi connectivity index (χ2v) is 8.46. The number of aliphatic hydroxyl groups is 1. The quantitative estimate of drug-likeness (QED) is 0.497. The van der Waals surface area contributed by atoms with Gasteiger partial charge in [-0.05, 0) is 43.7 Å². The molecular formula is C23H34ClN3O2. The number of aliphatic hydroxyl groups excluding tert-OH is 1. The molecule has 160 valence electrons. The van der Waals surface area contributed by atoms with Crippen LogP contribution in [0.3, 0.4) is 0 Å². The number of nitrogens with zero attached hydrogens (tertiary/aromatic N) is 2. The molecule has 0 bridgehead atoms. The number of Topliss-reactive ketones (excluding diaryl/α,β-unsaturated/α-hetero) is 1. The van der Waals surface area contributed by atoms with Crippen LogP contribution in [0, 0.1) is 12.8 Å². The van der Waals surface area contributed by atoms with Gasteiger partial charge < -0.3 is 15.0 Å². The zero-order chi connectivity index (χ0) is 21.4. The first kappa shape index (κ1) is 23.4. The Hall–Kier alpha value is -1.85. The van der Waals surface area contributed by atoms with E-state index >= 15 is 0 Å². The highest BCUT2D eigenvalue weighted by Gasteiger charge is 2.19. The number of halogens is 1. The van der Waals surface area contributed by atoms with Crippen LogP contribution in [0.15, 0.2) is 18.2 Å². The standard InChI is InChI=1S/C23H34ClN3O2/c1-5-7-19(29)10-12-27(11-6-13-28)23-25-21(14-16(2)3)22(26-23)18-9-8-17(4)20(24)15-18/h8-9,15-16,28H,5-7,10-14H2,1-4H3,(H,25,26). The normalized spacial score (nSPS) is 11.3. The largest absolute Gasteiger partial charge is 0.396 e. The summed E-state index contributed by atoms with van der Waals surface area (Å²) in [6.07, 6.45) is 3.47. The summed E-state index contributed by atoms with van der Waals surface area (Å²) in [6, 6.07) is 6.02. The van der Waals surface area contributed by atoms with Crippen molar-refractivity contribution in [3.05, 3.63) is 34.5 Å². The van der Waals surface area contributed by atoms with Gasteiger partial charge in [0.2, 0.25) is 5.95 Å². The number of benzene rings is 1. The van der Waals surface area contributed by atoms with Crippen LogP contribution in [0.2, 0.25) is 5.02 Å². The lowest BCUT2D eigenvalue weighted by Gasteiger charge is -2.21. The Bertz CT molecular complexity index is 801. The average Bonchev–Trinajstić information content (AvgIpc) is 3.07. The Morgan fingerprint density at radius 3 is 2.66 bits per heavy atom. The summed E-state index contributed by atoms with van der Waals surface area (Å²) in [7, 11) is 0. The molecular weight excluding hydrogens is 386 g/mol. The molecule has 2 aromatic rings. The number of aromatic nitrogens is 2. The Labute approximate surface area is 179 Å². The number of carbonyl (C=O) groups is 1. The van der Waals surface area contributed by atoms with Gasteiger partial charge in [-0.25, -0.2) is 4.98 Å². The van der Waals surface area contributed by atoms with Crippen LogP contribution in [0.1, 0.15) is 57.7 Å². The minimum atomic E-state index is 0.111. The molecule has 0 atom stereocenters. The monoisotopic (exact) mass is 419 g/mol. The molecule has 0 fully saturated rings. The maximum absolute atomic E-state index is 12.0. The maximum Gasteiger partial charge on any atom is 0.203 e. The van der Waals surface area contributed by atoms with E-state index in [9.17, 15) is 9.90 Å². The van der Waals surface area contributed by atoms with Crippen molar-refractivity contribution in [2.45, 2.75) is 59.8 Å². The fourth-order valence-electron chi connectivity index (χ4n) is 3.33. The van der Waals surface area contributed by atoms with E-state index in [1.807, 2.05) is 32.0 Å². The number of H-pyrrole nitrogens is 1. The molecule has 0 radical (unpaired) electrons. The predicted molar refractivity (Wildman–Crippen MR) is 121 cm³/mol. The van der Waals surface area contributed by atoms with Crippen LogP contribution < -0.4 is 4.90 Å². The number of carbonyl (C=O) groups excluding carboxylic acids is 1. The Kier molecular flexibility index (Phi) is 9.18. The molecule has 2 N–H and O–H groups in total. The van der Waals surface area contributed by atoms with Crippen LogP contribution in [0.5, 0.6) is 0 Å². The van der Waals surface area contributed by atoms with Crippen molar-refractivity contribution in [1.82, 2.24) is 9.97 Å². The van der Waals surface area contributed by atoms with Crippen molar-refractivity contribution in [1.29, 1.82) is 0 Å². The fourth-order valence-corrected chi connectivity index (χ4v) is 3.51. The van der Waals surface area contributed by atoms with Gasteiger partial charge in [0.1, 0.15) is 5.78 Å². The van der Waals surface area contributed by atoms with E-state index in [0.717, 1.165) is 46.3 Å². The van der Waals surface area contributed by atoms with Crippen LogP contribution in [0.25, 0.3) is 11.3 Å². The highest BCUT2D eigenvalue weighted by atomic mass is 35.5. The molecule has 1 aromatic carbocycles. The van der Waals surface area contributed by atoms with Crippen molar-refractivity contribution in [3.63, 3.8) is 0 Å². The molecule has 6 heteroatoms. The van der Waals surface area contributed by atoms with Crippen LogP contribution >= 0.6 is 11.6 Å². The molecule has 1 aromatic heterocycles. The Morgan fingerprint density at radius 2 is 2.03 bits per heavy atom. The number of hydrogen-bond acceptors (Lipinski definition) is 4. The molecule has 0 aliphatic carbocycles. The highest BCUT2D eigenvalue weighted by molar-refractivity contribution is 6.31. The van der Waals surface area contributed by atoms with Gasteiger partial charge in [0.15, 0.2) is 0 Å². The molecule has 29 heavy (non-hydrogen) atoms. The van der Waals surface area contributed by atoms with E-state index in [2.05, 4.69) is 23.7 Å². The first-order chi connectivity index (χ1) is 13.8. The summed E-state index contributed by atoms with van der Waals surface area (Å²) >= 11 is 6.36. The van der Waals surface area contributed by atoms with Crippen LogP contribution in [0.4, 0.5) is 5.95 Å². The third-order valence-corrected chi connectivity index (χ3v) is 5.31. The summed E-state index contributed by atoms with van der Waals surface area (Å²) in [5, 5.41) is 10.0. The molecule has 0 aliphatic rings. The lowest BCUT2D eigenvalue weighted by molar-refractivity contribution is -0.118. The first-order valence-corrected chi connectivity index (χ1v) is 11.0. The number of hydrogen-bond donors (Lipinski definition) is 2. The maximum atomic E-state index is 12.0. The molecule has 0 amide bonds. The second kappa shape index (κ2) is 11.4. The van der Waals surface area contributed by atoms with Gasteiger partial charge in [-0.15, -0.1) is 0 Å². The minimum absolute atomic E-state index is 0.111. The van der Waals surface area contributed by atoms with Gasteiger partial charge in [-0.3, -0.25) is 4.79 Å². The number of nitrogens with one attached hydrogen (secondary N) is 1. The molecule has 2 rings (SSSR count). The summed E-state index contributed by atoms with van der Waals surface area (Å²) in [5.41, 5.74) is 4.01. The van der Waals surface area contributed by atoms with E-state index in [1.165, 1.54) is 0 Å². The van der Waals surface area contributed by atoms with Gasteiger partial charge in [0.25, 0.3) is 0 Å². The van der Waals surface area contributed by atoms with Gasteiger partial charge in [0, 0.05) is 48.8 Å². The smallest absolute Gasteiger partial charge is 0.203 e. The topological polar surface area (TPSA) is 69.2 Å². The molecule has 5 nitrogen and oxygen atoms in total. The van der Waals surface area contributed by atoms with Gasteiger partial charge >= 0.3 is 0 Å². The average molecular weight is 420 g/mol. The van der Waals surface area contributed by atoms with E-state index in [0.29, 0.717) is 38.3 Å². The molecule has 0 unspecified atom stereocenters. The number of ketones is 1. The zero-order valence-electron chi connectivity index (χ0n) is 18.1. The first-order valence-electron chi connectivity index (χ1n) is 10.6.